The molecule has 120 valence electrons. The van der Waals surface area contributed by atoms with Gasteiger partial charge in [-0.25, -0.2) is 0 Å². The Hall–Kier alpha value is -1.36. The fourth-order valence-corrected chi connectivity index (χ4v) is 4.05. The summed E-state index contributed by atoms with van der Waals surface area (Å²) in [7, 11) is 0. The van der Waals surface area contributed by atoms with Gasteiger partial charge in [0, 0.05) is 15.7 Å². The average molecular weight is 368 g/mol. The molecule has 0 radical (unpaired) electrons. The lowest BCUT2D eigenvalue weighted by Gasteiger charge is -2.25. The summed E-state index contributed by atoms with van der Waals surface area (Å²) in [4.78, 5) is 13.4. The van der Waals surface area contributed by atoms with Crippen LogP contribution < -0.4 is 10.1 Å². The van der Waals surface area contributed by atoms with E-state index in [1.807, 2.05) is 23.9 Å². The molecule has 0 saturated heterocycles. The highest BCUT2D eigenvalue weighted by Crippen LogP contribution is 2.35. The Morgan fingerprint density at radius 1 is 1.26 bits per heavy atom. The fourth-order valence-electron chi connectivity index (χ4n) is 2.46. The number of thioether (sulfide) groups is 1. The lowest BCUT2D eigenvalue weighted by Crippen LogP contribution is -2.34. The lowest BCUT2D eigenvalue weighted by atomic mass is 10.0. The quantitative estimate of drug-likeness (QED) is 0.848. The molecule has 1 heterocycles. The minimum Gasteiger partial charge on any atom is -0.482 e. The second-order valence-corrected chi connectivity index (χ2v) is 7.14. The molecule has 1 atom stereocenters. The van der Waals surface area contributed by atoms with Crippen LogP contribution in [0.25, 0.3) is 0 Å². The summed E-state index contributed by atoms with van der Waals surface area (Å²) in [6.07, 6.45) is 0.912. The predicted octanol–water partition coefficient (Wildman–Crippen LogP) is 4.73. The number of carbonyl (C=O) groups excluding carboxylic acids is 1. The Bertz CT molecular complexity index is 723. The highest BCUT2D eigenvalue weighted by atomic mass is 35.5. The average Bonchev–Trinajstić information content (AvgIpc) is 2.54. The van der Waals surface area contributed by atoms with Gasteiger partial charge in [-0.15, -0.1) is 11.8 Å². The second-order valence-electron chi connectivity index (χ2n) is 5.16. The van der Waals surface area contributed by atoms with Gasteiger partial charge in [-0.1, -0.05) is 41.4 Å². The number of benzene rings is 2. The summed E-state index contributed by atoms with van der Waals surface area (Å²) < 4.78 is 5.48. The van der Waals surface area contributed by atoms with Crippen LogP contribution >= 0.6 is 35.0 Å². The smallest absolute Gasteiger partial charge is 0.258 e. The van der Waals surface area contributed by atoms with E-state index in [1.165, 1.54) is 10.5 Å². The first-order chi connectivity index (χ1) is 11.1. The number of hydrogen-bond donors (Lipinski definition) is 1. The Morgan fingerprint density at radius 3 is 2.91 bits per heavy atom. The summed E-state index contributed by atoms with van der Waals surface area (Å²) >= 11 is 13.7. The highest BCUT2D eigenvalue weighted by molar-refractivity contribution is 7.99. The molecular formula is C17H15Cl2NO2S. The highest BCUT2D eigenvalue weighted by Gasteiger charge is 2.22. The van der Waals surface area contributed by atoms with Crippen molar-refractivity contribution < 1.29 is 9.53 Å². The number of amides is 1. The van der Waals surface area contributed by atoms with Gasteiger partial charge in [0.2, 0.25) is 0 Å². The number of ether oxygens (including phenoxy) is 1. The molecule has 0 aliphatic carbocycles. The number of halogens is 2. The van der Waals surface area contributed by atoms with E-state index in [-0.39, 0.29) is 18.6 Å². The van der Waals surface area contributed by atoms with Crippen molar-refractivity contribution in [1.29, 1.82) is 0 Å². The molecule has 0 bridgehead atoms. The van der Waals surface area contributed by atoms with Gasteiger partial charge in [0.25, 0.3) is 5.91 Å². The topological polar surface area (TPSA) is 38.3 Å². The molecule has 3 nitrogen and oxygen atoms in total. The van der Waals surface area contributed by atoms with Gasteiger partial charge < -0.3 is 10.1 Å². The molecule has 3 rings (SSSR count). The second kappa shape index (κ2) is 7.47. The number of hydrogen-bond acceptors (Lipinski definition) is 3. The van der Waals surface area contributed by atoms with Gasteiger partial charge in [-0.3, -0.25) is 4.79 Å². The zero-order chi connectivity index (χ0) is 16.2. The molecular weight excluding hydrogens is 353 g/mol. The Balaban J connectivity index is 1.60. The molecule has 23 heavy (non-hydrogen) atoms. The molecule has 0 unspecified atom stereocenters. The van der Waals surface area contributed by atoms with Crippen molar-refractivity contribution in [2.24, 2.45) is 0 Å². The number of fused-ring (bicyclic) bond motifs is 1. The van der Waals surface area contributed by atoms with Gasteiger partial charge in [-0.05, 0) is 36.2 Å². The SMILES string of the molecule is O=C(COc1ccc(Cl)cc1Cl)N[C@@H]1CCSc2ccccc21. The number of rotatable bonds is 4. The minimum absolute atomic E-state index is 0.0317. The molecule has 1 aliphatic rings. The largest absolute Gasteiger partial charge is 0.482 e. The van der Waals surface area contributed by atoms with Crippen LogP contribution in [-0.2, 0) is 4.79 Å². The third-order valence-corrected chi connectivity index (χ3v) is 5.20. The van der Waals surface area contributed by atoms with E-state index in [9.17, 15) is 4.79 Å². The molecule has 1 N–H and O–H groups in total. The van der Waals surface area contributed by atoms with Gasteiger partial charge in [-0.2, -0.15) is 0 Å². The molecule has 1 aliphatic heterocycles. The van der Waals surface area contributed by atoms with E-state index >= 15 is 0 Å². The maximum atomic E-state index is 12.2. The summed E-state index contributed by atoms with van der Waals surface area (Å²) in [6.45, 7) is -0.0762. The van der Waals surface area contributed by atoms with Crippen LogP contribution in [-0.4, -0.2) is 18.3 Å². The van der Waals surface area contributed by atoms with Crippen LogP contribution in [0.15, 0.2) is 47.4 Å². The van der Waals surface area contributed by atoms with Crippen molar-refractivity contribution in [3.8, 4) is 5.75 Å². The van der Waals surface area contributed by atoms with Crippen molar-refractivity contribution in [3.05, 3.63) is 58.1 Å². The third-order valence-electron chi connectivity index (χ3n) is 3.55. The van der Waals surface area contributed by atoms with Crippen LogP contribution in [0, 0.1) is 0 Å². The Morgan fingerprint density at radius 2 is 2.09 bits per heavy atom. The van der Waals surface area contributed by atoms with Gasteiger partial charge >= 0.3 is 0 Å². The summed E-state index contributed by atoms with van der Waals surface area (Å²) in [5.74, 6) is 1.28. The molecule has 6 heteroatoms. The molecule has 0 aromatic heterocycles. The van der Waals surface area contributed by atoms with Crippen LogP contribution in [0.3, 0.4) is 0 Å². The molecule has 0 fully saturated rings. The van der Waals surface area contributed by atoms with Gasteiger partial charge in [0.1, 0.15) is 5.75 Å². The molecule has 2 aromatic carbocycles. The predicted molar refractivity (Wildman–Crippen MR) is 94.6 cm³/mol. The van der Waals surface area contributed by atoms with E-state index in [1.54, 1.807) is 18.2 Å². The van der Waals surface area contributed by atoms with Crippen molar-refractivity contribution in [2.45, 2.75) is 17.4 Å². The van der Waals surface area contributed by atoms with E-state index in [0.717, 1.165) is 12.2 Å². The number of carbonyl (C=O) groups is 1. The van der Waals surface area contributed by atoms with Crippen LogP contribution in [0.5, 0.6) is 5.75 Å². The van der Waals surface area contributed by atoms with E-state index in [0.29, 0.717) is 15.8 Å². The van der Waals surface area contributed by atoms with Gasteiger partial charge in [0.05, 0.1) is 11.1 Å². The van der Waals surface area contributed by atoms with Crippen LogP contribution in [0.2, 0.25) is 10.0 Å². The molecule has 0 saturated carbocycles. The van der Waals surface area contributed by atoms with E-state index < -0.39 is 0 Å². The first-order valence-corrected chi connectivity index (χ1v) is 8.96. The fraction of sp³-hybridized carbons (Fsp3) is 0.235. The van der Waals surface area contributed by atoms with Gasteiger partial charge in [0.15, 0.2) is 6.61 Å². The van der Waals surface area contributed by atoms with Crippen LogP contribution in [0.1, 0.15) is 18.0 Å². The zero-order valence-corrected chi connectivity index (χ0v) is 14.5. The summed E-state index contributed by atoms with van der Waals surface area (Å²) in [6, 6.07) is 13.1. The zero-order valence-electron chi connectivity index (χ0n) is 12.2. The Kier molecular flexibility index (Phi) is 5.36. The summed E-state index contributed by atoms with van der Waals surface area (Å²) in [5, 5.41) is 3.95. The molecule has 2 aromatic rings. The molecule has 0 spiro atoms. The van der Waals surface area contributed by atoms with E-state index in [4.69, 9.17) is 27.9 Å². The van der Waals surface area contributed by atoms with Crippen LogP contribution in [0.4, 0.5) is 0 Å². The van der Waals surface area contributed by atoms with Crippen molar-refractivity contribution in [1.82, 2.24) is 5.32 Å². The number of nitrogens with one attached hydrogen (secondary N) is 1. The minimum atomic E-state index is -0.164. The first-order valence-electron chi connectivity index (χ1n) is 7.22. The van der Waals surface area contributed by atoms with Crippen molar-refractivity contribution in [3.63, 3.8) is 0 Å². The van der Waals surface area contributed by atoms with Crippen molar-refractivity contribution in [2.75, 3.05) is 12.4 Å². The third kappa shape index (κ3) is 4.14. The summed E-state index contributed by atoms with van der Waals surface area (Å²) in [5.41, 5.74) is 1.17. The van der Waals surface area contributed by atoms with E-state index in [2.05, 4.69) is 17.4 Å². The Labute approximate surface area is 149 Å². The maximum Gasteiger partial charge on any atom is 0.258 e. The lowest BCUT2D eigenvalue weighted by molar-refractivity contribution is -0.123. The van der Waals surface area contributed by atoms with Crippen molar-refractivity contribution >= 4 is 40.9 Å². The molecule has 1 amide bonds. The standard InChI is InChI=1S/C17H15Cl2NO2S/c18-11-5-6-15(13(19)9-11)22-10-17(21)20-14-7-8-23-16-4-2-1-3-12(14)16/h1-6,9,14H,7-8,10H2,(H,20,21)/t14-/m1/s1. The monoisotopic (exact) mass is 367 g/mol. The normalized spacial score (nSPS) is 16.5. The maximum absolute atomic E-state index is 12.2. The first kappa shape index (κ1) is 16.5.